The zero-order chi connectivity index (χ0) is 11.4. The average molecular weight is 215 g/mol. The van der Waals surface area contributed by atoms with E-state index in [0.29, 0.717) is 6.54 Å². The maximum Gasteiger partial charge on any atom is 0.0682 e. The van der Waals surface area contributed by atoms with Crippen LogP contribution in [0, 0.1) is 0 Å². The molecule has 3 heteroatoms. The van der Waals surface area contributed by atoms with E-state index in [9.17, 15) is 0 Å². The van der Waals surface area contributed by atoms with Crippen LogP contribution in [-0.4, -0.2) is 16.7 Å². The molecule has 0 radical (unpaired) electrons. The van der Waals surface area contributed by atoms with Crippen LogP contribution >= 0.6 is 0 Å². The minimum absolute atomic E-state index is 0.652. The van der Waals surface area contributed by atoms with Crippen LogP contribution in [0.1, 0.15) is 18.1 Å². The molecule has 0 atom stereocenters. The van der Waals surface area contributed by atoms with Gasteiger partial charge in [-0.05, 0) is 36.1 Å². The van der Waals surface area contributed by atoms with E-state index in [2.05, 4.69) is 41.4 Å². The van der Waals surface area contributed by atoms with Crippen LogP contribution in [0.2, 0.25) is 0 Å². The normalized spacial score (nSPS) is 10.6. The van der Waals surface area contributed by atoms with Crippen LogP contribution < -0.4 is 5.73 Å². The highest BCUT2D eigenvalue weighted by Crippen LogP contribution is 2.21. The second-order valence-corrected chi connectivity index (χ2v) is 3.86. The Bertz CT molecular complexity index is 442. The number of nitrogens with zero attached hydrogens (tertiary/aromatic N) is 1. The second kappa shape index (κ2) is 4.94. The molecular weight excluding hydrogens is 198 g/mol. The van der Waals surface area contributed by atoms with Crippen molar-refractivity contribution >= 4 is 0 Å². The molecule has 1 heterocycles. The van der Waals surface area contributed by atoms with E-state index in [4.69, 9.17) is 5.73 Å². The summed E-state index contributed by atoms with van der Waals surface area (Å²) in [7, 11) is 0. The van der Waals surface area contributed by atoms with Crippen LogP contribution in [0.5, 0.6) is 0 Å². The van der Waals surface area contributed by atoms with Crippen molar-refractivity contribution < 1.29 is 0 Å². The van der Waals surface area contributed by atoms with Gasteiger partial charge in [-0.3, -0.25) is 5.10 Å². The Balaban J connectivity index is 2.31. The molecule has 3 N–H and O–H groups in total. The lowest BCUT2D eigenvalue weighted by molar-refractivity contribution is 0.972. The highest BCUT2D eigenvalue weighted by molar-refractivity contribution is 5.62. The zero-order valence-electron chi connectivity index (χ0n) is 9.53. The first kappa shape index (κ1) is 10.9. The van der Waals surface area contributed by atoms with E-state index >= 15 is 0 Å². The van der Waals surface area contributed by atoms with Crippen LogP contribution in [-0.2, 0) is 12.8 Å². The first-order valence-corrected chi connectivity index (χ1v) is 5.66. The molecule has 0 spiro atoms. The number of aromatic amines is 1. The second-order valence-electron chi connectivity index (χ2n) is 3.86. The van der Waals surface area contributed by atoms with Crippen molar-refractivity contribution in [3.63, 3.8) is 0 Å². The summed E-state index contributed by atoms with van der Waals surface area (Å²) in [6, 6.07) is 8.57. The summed E-state index contributed by atoms with van der Waals surface area (Å²) >= 11 is 0. The lowest BCUT2D eigenvalue weighted by Crippen LogP contribution is -2.02. The van der Waals surface area contributed by atoms with E-state index < -0.39 is 0 Å². The Hall–Kier alpha value is -1.61. The number of rotatable bonds is 4. The number of benzene rings is 1. The molecule has 16 heavy (non-hydrogen) atoms. The predicted molar refractivity (Wildman–Crippen MR) is 66.2 cm³/mol. The third-order valence-electron chi connectivity index (χ3n) is 2.78. The molecular formula is C13H17N3. The summed E-state index contributed by atoms with van der Waals surface area (Å²) in [6.07, 6.45) is 3.79. The monoisotopic (exact) mass is 215 g/mol. The largest absolute Gasteiger partial charge is 0.330 e. The Labute approximate surface area is 95.7 Å². The van der Waals surface area contributed by atoms with Crippen molar-refractivity contribution in [1.82, 2.24) is 10.2 Å². The Kier molecular flexibility index (Phi) is 3.37. The van der Waals surface area contributed by atoms with Crippen molar-refractivity contribution in [1.29, 1.82) is 0 Å². The molecule has 0 fully saturated rings. The van der Waals surface area contributed by atoms with Gasteiger partial charge in [-0.15, -0.1) is 0 Å². The van der Waals surface area contributed by atoms with Crippen molar-refractivity contribution in [2.24, 2.45) is 5.73 Å². The first-order chi connectivity index (χ1) is 7.85. The molecule has 1 aromatic carbocycles. The standard InChI is InChI=1S/C13H17N3/c1-2-10-3-5-11(6-4-10)13-12(7-8-14)9-15-16-13/h3-6,9H,2,7-8,14H2,1H3,(H,15,16). The lowest BCUT2D eigenvalue weighted by atomic mass is 10.0. The van der Waals surface area contributed by atoms with Gasteiger partial charge in [0.1, 0.15) is 0 Å². The van der Waals surface area contributed by atoms with Crippen molar-refractivity contribution in [3.8, 4) is 11.3 Å². The number of aryl methyl sites for hydroxylation is 1. The molecule has 2 rings (SSSR count). The zero-order valence-corrected chi connectivity index (χ0v) is 9.53. The third kappa shape index (κ3) is 2.14. The predicted octanol–water partition coefficient (Wildman–Crippen LogP) is 2.14. The summed E-state index contributed by atoms with van der Waals surface area (Å²) in [5, 5.41) is 7.12. The van der Waals surface area contributed by atoms with Gasteiger partial charge in [-0.25, -0.2) is 0 Å². The summed E-state index contributed by atoms with van der Waals surface area (Å²) in [5.41, 5.74) is 10.4. The number of hydrogen-bond acceptors (Lipinski definition) is 2. The van der Waals surface area contributed by atoms with Gasteiger partial charge >= 0.3 is 0 Å². The quantitative estimate of drug-likeness (QED) is 0.821. The molecule has 0 unspecified atom stereocenters. The van der Waals surface area contributed by atoms with Gasteiger partial charge in [0.05, 0.1) is 11.9 Å². The van der Waals surface area contributed by atoms with E-state index in [1.165, 1.54) is 16.7 Å². The summed E-state index contributed by atoms with van der Waals surface area (Å²) < 4.78 is 0. The molecule has 2 aromatic rings. The average Bonchev–Trinajstić information content (AvgIpc) is 2.78. The van der Waals surface area contributed by atoms with E-state index in [0.717, 1.165) is 18.5 Å². The van der Waals surface area contributed by atoms with Crippen LogP contribution in [0.15, 0.2) is 30.5 Å². The van der Waals surface area contributed by atoms with Crippen molar-refractivity contribution in [3.05, 3.63) is 41.6 Å². The van der Waals surface area contributed by atoms with Gasteiger partial charge in [0, 0.05) is 0 Å². The highest BCUT2D eigenvalue weighted by Gasteiger charge is 2.06. The van der Waals surface area contributed by atoms with Crippen LogP contribution in [0.4, 0.5) is 0 Å². The topological polar surface area (TPSA) is 54.7 Å². The lowest BCUT2D eigenvalue weighted by Gasteiger charge is -2.03. The smallest absolute Gasteiger partial charge is 0.0682 e. The van der Waals surface area contributed by atoms with E-state index in [-0.39, 0.29) is 0 Å². The molecule has 1 aromatic heterocycles. The molecule has 0 saturated carbocycles. The SMILES string of the molecule is CCc1ccc(-c2[nH]ncc2CCN)cc1. The number of aromatic nitrogens is 2. The molecule has 0 amide bonds. The van der Waals surface area contributed by atoms with Crippen LogP contribution in [0.3, 0.4) is 0 Å². The Morgan fingerprint density at radius 3 is 2.62 bits per heavy atom. The van der Waals surface area contributed by atoms with E-state index in [1.807, 2.05) is 6.20 Å². The first-order valence-electron chi connectivity index (χ1n) is 5.66. The fourth-order valence-electron chi connectivity index (χ4n) is 1.81. The fourth-order valence-corrected chi connectivity index (χ4v) is 1.81. The van der Waals surface area contributed by atoms with Gasteiger partial charge in [-0.1, -0.05) is 31.2 Å². The van der Waals surface area contributed by atoms with Gasteiger partial charge in [0.15, 0.2) is 0 Å². The molecule has 0 aliphatic rings. The van der Waals surface area contributed by atoms with E-state index in [1.54, 1.807) is 0 Å². The van der Waals surface area contributed by atoms with Crippen molar-refractivity contribution in [2.45, 2.75) is 19.8 Å². The molecule has 84 valence electrons. The summed E-state index contributed by atoms with van der Waals surface area (Å²) in [4.78, 5) is 0. The molecule has 3 nitrogen and oxygen atoms in total. The summed E-state index contributed by atoms with van der Waals surface area (Å²) in [6.45, 7) is 2.81. The maximum absolute atomic E-state index is 5.57. The summed E-state index contributed by atoms with van der Waals surface area (Å²) in [5.74, 6) is 0. The van der Waals surface area contributed by atoms with Crippen LogP contribution in [0.25, 0.3) is 11.3 Å². The number of nitrogens with one attached hydrogen (secondary N) is 1. The van der Waals surface area contributed by atoms with Gasteiger partial charge in [-0.2, -0.15) is 5.10 Å². The molecule has 0 aliphatic heterocycles. The Morgan fingerprint density at radius 2 is 2.00 bits per heavy atom. The fraction of sp³-hybridized carbons (Fsp3) is 0.308. The van der Waals surface area contributed by atoms with Gasteiger partial charge in [0.2, 0.25) is 0 Å². The number of hydrogen-bond donors (Lipinski definition) is 2. The van der Waals surface area contributed by atoms with Crippen molar-refractivity contribution in [2.75, 3.05) is 6.54 Å². The number of H-pyrrole nitrogens is 1. The minimum atomic E-state index is 0.652. The third-order valence-corrected chi connectivity index (χ3v) is 2.78. The van der Waals surface area contributed by atoms with Gasteiger partial charge in [0.25, 0.3) is 0 Å². The maximum atomic E-state index is 5.57. The Morgan fingerprint density at radius 1 is 1.25 bits per heavy atom. The van der Waals surface area contributed by atoms with Gasteiger partial charge < -0.3 is 5.73 Å². The highest BCUT2D eigenvalue weighted by atomic mass is 15.1. The molecule has 0 bridgehead atoms. The minimum Gasteiger partial charge on any atom is -0.330 e. The number of nitrogens with two attached hydrogens (primary N) is 1. The molecule has 0 saturated heterocycles. The molecule has 0 aliphatic carbocycles.